The zero-order valence-electron chi connectivity index (χ0n) is 11.2. The van der Waals surface area contributed by atoms with Gasteiger partial charge in [-0.05, 0) is 50.1 Å². The highest BCUT2D eigenvalue weighted by atomic mass is 19.1. The third kappa shape index (κ3) is 2.81. The van der Waals surface area contributed by atoms with Crippen molar-refractivity contribution < 1.29 is 13.9 Å². The highest BCUT2D eigenvalue weighted by Crippen LogP contribution is 2.31. The number of benzene rings is 2. The van der Waals surface area contributed by atoms with Crippen molar-refractivity contribution in [3.63, 3.8) is 0 Å². The van der Waals surface area contributed by atoms with Crippen molar-refractivity contribution in [1.82, 2.24) is 0 Å². The van der Waals surface area contributed by atoms with Crippen LogP contribution in [0.25, 0.3) is 0 Å². The normalized spacial score (nSPS) is 10.3. The largest absolute Gasteiger partial charge is 0.456 e. The van der Waals surface area contributed by atoms with Crippen LogP contribution >= 0.6 is 0 Å². The highest BCUT2D eigenvalue weighted by Gasteiger charge is 2.13. The minimum atomic E-state index is -0.445. The zero-order valence-corrected chi connectivity index (χ0v) is 11.2. The summed E-state index contributed by atoms with van der Waals surface area (Å²) in [5.41, 5.74) is 2.19. The average molecular weight is 258 g/mol. The SMILES string of the molecule is CC(=O)c1cc(F)ccc1Oc1c(C)cccc1C. The smallest absolute Gasteiger partial charge is 0.163 e. The Morgan fingerprint density at radius 2 is 1.74 bits per heavy atom. The van der Waals surface area contributed by atoms with Crippen LogP contribution in [0, 0.1) is 19.7 Å². The Hall–Kier alpha value is -2.16. The second-order valence-corrected chi connectivity index (χ2v) is 4.52. The van der Waals surface area contributed by atoms with Crippen molar-refractivity contribution in [2.24, 2.45) is 0 Å². The molecule has 0 spiro atoms. The zero-order chi connectivity index (χ0) is 14.0. The van der Waals surface area contributed by atoms with Crippen LogP contribution in [0.15, 0.2) is 36.4 Å². The van der Waals surface area contributed by atoms with Gasteiger partial charge in [-0.15, -0.1) is 0 Å². The summed E-state index contributed by atoms with van der Waals surface area (Å²) in [6.45, 7) is 5.25. The Labute approximate surface area is 111 Å². The lowest BCUT2D eigenvalue weighted by atomic mass is 10.1. The molecule has 0 aliphatic carbocycles. The van der Waals surface area contributed by atoms with Crippen molar-refractivity contribution in [1.29, 1.82) is 0 Å². The molecule has 0 amide bonds. The van der Waals surface area contributed by atoms with E-state index in [2.05, 4.69) is 0 Å². The molecular formula is C16H15FO2. The Balaban J connectivity index is 2.47. The van der Waals surface area contributed by atoms with Crippen LogP contribution in [0.3, 0.4) is 0 Å². The quantitative estimate of drug-likeness (QED) is 0.761. The number of hydrogen-bond acceptors (Lipinski definition) is 2. The molecule has 2 nitrogen and oxygen atoms in total. The van der Waals surface area contributed by atoms with E-state index in [1.54, 1.807) is 0 Å². The molecule has 98 valence electrons. The molecule has 0 unspecified atom stereocenters. The van der Waals surface area contributed by atoms with Crippen LogP contribution in [0.5, 0.6) is 11.5 Å². The Morgan fingerprint density at radius 3 is 2.32 bits per heavy atom. The number of Topliss-reactive ketones (excluding diaryl/α,β-unsaturated/α-hetero) is 1. The number of ether oxygens (including phenoxy) is 1. The first-order valence-electron chi connectivity index (χ1n) is 6.03. The molecule has 0 heterocycles. The minimum Gasteiger partial charge on any atom is -0.456 e. The van der Waals surface area contributed by atoms with Crippen molar-refractivity contribution in [3.05, 3.63) is 58.9 Å². The number of para-hydroxylation sites is 1. The summed E-state index contributed by atoms with van der Waals surface area (Å²) < 4.78 is 19.0. The Kier molecular flexibility index (Phi) is 3.65. The lowest BCUT2D eigenvalue weighted by molar-refractivity contribution is 0.101. The van der Waals surface area contributed by atoms with E-state index in [1.807, 2.05) is 32.0 Å². The first kappa shape index (κ1) is 13.3. The third-order valence-electron chi connectivity index (χ3n) is 2.94. The van der Waals surface area contributed by atoms with Crippen molar-refractivity contribution in [3.8, 4) is 11.5 Å². The maximum Gasteiger partial charge on any atom is 0.163 e. The van der Waals surface area contributed by atoms with E-state index < -0.39 is 5.82 Å². The molecule has 19 heavy (non-hydrogen) atoms. The van der Waals surface area contributed by atoms with E-state index in [4.69, 9.17) is 4.74 Å². The molecule has 0 fully saturated rings. The van der Waals surface area contributed by atoms with Crippen molar-refractivity contribution in [2.45, 2.75) is 20.8 Å². The van der Waals surface area contributed by atoms with E-state index in [0.29, 0.717) is 11.5 Å². The molecule has 0 aliphatic heterocycles. The number of carbonyl (C=O) groups excluding carboxylic acids is 1. The maximum absolute atomic E-state index is 13.2. The fraction of sp³-hybridized carbons (Fsp3) is 0.188. The summed E-state index contributed by atoms with van der Waals surface area (Å²) in [7, 11) is 0. The molecule has 2 rings (SSSR count). The monoisotopic (exact) mass is 258 g/mol. The summed E-state index contributed by atoms with van der Waals surface area (Å²) in [5.74, 6) is 0.419. The predicted molar refractivity (Wildman–Crippen MR) is 72.4 cm³/mol. The first-order chi connectivity index (χ1) is 8.99. The molecule has 0 N–H and O–H groups in total. The van der Waals surface area contributed by atoms with Gasteiger partial charge in [0.15, 0.2) is 5.78 Å². The molecule has 3 heteroatoms. The number of halogens is 1. The summed E-state index contributed by atoms with van der Waals surface area (Å²) in [6, 6.07) is 9.77. The fourth-order valence-corrected chi connectivity index (χ4v) is 1.94. The highest BCUT2D eigenvalue weighted by molar-refractivity contribution is 5.96. The van der Waals surface area contributed by atoms with Gasteiger partial charge in [-0.3, -0.25) is 4.79 Å². The number of hydrogen-bond donors (Lipinski definition) is 0. The minimum absolute atomic E-state index is 0.222. The fourth-order valence-electron chi connectivity index (χ4n) is 1.94. The van der Waals surface area contributed by atoms with E-state index in [1.165, 1.54) is 25.1 Å². The molecule has 0 aromatic heterocycles. The number of aryl methyl sites for hydroxylation is 2. The topological polar surface area (TPSA) is 26.3 Å². The van der Waals surface area contributed by atoms with Gasteiger partial charge in [0.2, 0.25) is 0 Å². The van der Waals surface area contributed by atoms with Gasteiger partial charge in [-0.2, -0.15) is 0 Å². The molecule has 0 radical (unpaired) electrons. The molecule has 2 aromatic rings. The van der Waals surface area contributed by atoms with Crippen molar-refractivity contribution >= 4 is 5.78 Å². The molecule has 2 aromatic carbocycles. The van der Waals surface area contributed by atoms with E-state index in [-0.39, 0.29) is 11.3 Å². The number of carbonyl (C=O) groups is 1. The van der Waals surface area contributed by atoms with Gasteiger partial charge in [0.05, 0.1) is 5.56 Å². The third-order valence-corrected chi connectivity index (χ3v) is 2.94. The molecule has 0 saturated carbocycles. The summed E-state index contributed by atoms with van der Waals surface area (Å²) in [4.78, 5) is 11.5. The van der Waals surface area contributed by atoms with Gasteiger partial charge in [-0.1, -0.05) is 18.2 Å². The van der Waals surface area contributed by atoms with Crippen LogP contribution in [-0.4, -0.2) is 5.78 Å². The molecule has 0 saturated heterocycles. The maximum atomic E-state index is 13.2. The predicted octanol–water partition coefficient (Wildman–Crippen LogP) is 4.44. The number of rotatable bonds is 3. The molecule has 0 bridgehead atoms. The second-order valence-electron chi connectivity index (χ2n) is 4.52. The second kappa shape index (κ2) is 5.22. The van der Waals surface area contributed by atoms with Gasteiger partial charge < -0.3 is 4.74 Å². The lowest BCUT2D eigenvalue weighted by Gasteiger charge is -2.13. The summed E-state index contributed by atoms with van der Waals surface area (Å²) >= 11 is 0. The number of ketones is 1. The van der Waals surface area contributed by atoms with Gasteiger partial charge in [0.25, 0.3) is 0 Å². The van der Waals surface area contributed by atoms with E-state index >= 15 is 0 Å². The van der Waals surface area contributed by atoms with Crippen molar-refractivity contribution in [2.75, 3.05) is 0 Å². The van der Waals surface area contributed by atoms with Crippen LogP contribution in [0.1, 0.15) is 28.4 Å². The van der Waals surface area contributed by atoms with E-state index in [0.717, 1.165) is 11.1 Å². The molecular weight excluding hydrogens is 243 g/mol. The summed E-state index contributed by atoms with van der Waals surface area (Å²) in [5, 5.41) is 0. The lowest BCUT2D eigenvalue weighted by Crippen LogP contribution is -1.99. The van der Waals surface area contributed by atoms with Gasteiger partial charge in [0.1, 0.15) is 17.3 Å². The van der Waals surface area contributed by atoms with Crippen LogP contribution < -0.4 is 4.74 Å². The van der Waals surface area contributed by atoms with Gasteiger partial charge >= 0.3 is 0 Å². The first-order valence-corrected chi connectivity index (χ1v) is 6.03. The molecule has 0 atom stereocenters. The average Bonchev–Trinajstić information content (AvgIpc) is 2.35. The van der Waals surface area contributed by atoms with Gasteiger partial charge in [0, 0.05) is 0 Å². The van der Waals surface area contributed by atoms with Crippen LogP contribution in [0.2, 0.25) is 0 Å². The molecule has 0 aliphatic rings. The standard InChI is InChI=1S/C16H15FO2/c1-10-5-4-6-11(2)16(10)19-15-8-7-13(17)9-14(15)12(3)18/h4-9H,1-3H3. The van der Waals surface area contributed by atoms with E-state index in [9.17, 15) is 9.18 Å². The summed E-state index contributed by atoms with van der Waals surface area (Å²) in [6.07, 6.45) is 0. The van der Waals surface area contributed by atoms with Crippen LogP contribution in [0.4, 0.5) is 4.39 Å². The Bertz CT molecular complexity index is 612. The van der Waals surface area contributed by atoms with Crippen LogP contribution in [-0.2, 0) is 0 Å². The Morgan fingerprint density at radius 1 is 1.11 bits per heavy atom. The van der Waals surface area contributed by atoms with Gasteiger partial charge in [-0.25, -0.2) is 4.39 Å².